The van der Waals surface area contributed by atoms with Crippen molar-refractivity contribution in [2.24, 2.45) is 0 Å². The number of hydrogen-bond donors (Lipinski definition) is 1. The molecule has 14 heavy (non-hydrogen) atoms. The van der Waals surface area contributed by atoms with Gasteiger partial charge in [-0.15, -0.1) is 12.4 Å². The predicted octanol–water partition coefficient (Wildman–Crippen LogP) is 3.61. The van der Waals surface area contributed by atoms with Crippen LogP contribution in [-0.2, 0) is 6.42 Å². The number of ether oxygens (including phenoxy) is 1. The van der Waals surface area contributed by atoms with Crippen molar-refractivity contribution in [2.75, 3.05) is 19.0 Å². The molecule has 1 aliphatic heterocycles. The van der Waals surface area contributed by atoms with Crippen molar-refractivity contribution in [3.05, 3.63) is 20.6 Å². The number of anilines is 1. The highest BCUT2D eigenvalue weighted by Crippen LogP contribution is 2.42. The van der Waals surface area contributed by atoms with E-state index in [9.17, 15) is 0 Å². The Morgan fingerprint density at radius 3 is 2.71 bits per heavy atom. The summed E-state index contributed by atoms with van der Waals surface area (Å²) in [5.41, 5.74) is 2.42. The van der Waals surface area contributed by atoms with Gasteiger partial charge in [-0.05, 0) is 44.3 Å². The van der Waals surface area contributed by atoms with Crippen LogP contribution in [0, 0.1) is 0 Å². The van der Waals surface area contributed by atoms with Crippen LogP contribution in [0.25, 0.3) is 0 Å². The zero-order chi connectivity index (χ0) is 9.42. The minimum Gasteiger partial charge on any atom is -0.495 e. The zero-order valence-corrected chi connectivity index (χ0v) is 11.6. The van der Waals surface area contributed by atoms with Gasteiger partial charge in [0.15, 0.2) is 0 Å². The average Bonchev–Trinajstić information content (AvgIpc) is 2.53. The summed E-state index contributed by atoms with van der Waals surface area (Å²) >= 11 is 6.99. The molecule has 0 saturated heterocycles. The number of nitrogens with one attached hydrogen (secondary N) is 1. The van der Waals surface area contributed by atoms with Crippen molar-refractivity contribution in [1.29, 1.82) is 0 Å². The van der Waals surface area contributed by atoms with Crippen molar-refractivity contribution >= 4 is 50.0 Å². The Bertz CT molecular complexity index is 357. The van der Waals surface area contributed by atoms with Crippen LogP contribution in [-0.4, -0.2) is 13.7 Å². The number of methoxy groups -OCH3 is 1. The summed E-state index contributed by atoms with van der Waals surface area (Å²) in [6.07, 6.45) is 1.02. The van der Waals surface area contributed by atoms with Crippen LogP contribution >= 0.6 is 44.3 Å². The van der Waals surface area contributed by atoms with Gasteiger partial charge in [-0.3, -0.25) is 0 Å². The smallest absolute Gasteiger partial charge is 0.138 e. The molecule has 1 N–H and O–H groups in total. The summed E-state index contributed by atoms with van der Waals surface area (Å²) in [6, 6.07) is 2.01. The van der Waals surface area contributed by atoms with Gasteiger partial charge in [0.2, 0.25) is 0 Å². The fourth-order valence-electron chi connectivity index (χ4n) is 1.61. The summed E-state index contributed by atoms with van der Waals surface area (Å²) in [5, 5.41) is 3.32. The fourth-order valence-corrected chi connectivity index (χ4v) is 3.16. The van der Waals surface area contributed by atoms with Gasteiger partial charge < -0.3 is 10.1 Å². The summed E-state index contributed by atoms with van der Waals surface area (Å²) in [7, 11) is 1.70. The third-order valence-corrected chi connectivity index (χ3v) is 3.38. The number of hydrogen-bond acceptors (Lipinski definition) is 2. The molecule has 0 amide bonds. The van der Waals surface area contributed by atoms with E-state index in [1.165, 1.54) is 11.3 Å². The Morgan fingerprint density at radius 2 is 2.07 bits per heavy atom. The van der Waals surface area contributed by atoms with Crippen LogP contribution in [0.5, 0.6) is 5.75 Å². The molecule has 0 radical (unpaired) electrons. The third kappa shape index (κ3) is 1.88. The first-order chi connectivity index (χ1) is 6.24. The molecule has 1 aromatic carbocycles. The van der Waals surface area contributed by atoms with E-state index in [1.807, 2.05) is 6.07 Å². The highest BCUT2D eigenvalue weighted by atomic mass is 79.9. The molecule has 0 bridgehead atoms. The van der Waals surface area contributed by atoms with Gasteiger partial charge in [-0.1, -0.05) is 0 Å². The molecule has 1 aliphatic rings. The van der Waals surface area contributed by atoms with Crippen molar-refractivity contribution < 1.29 is 4.74 Å². The van der Waals surface area contributed by atoms with E-state index in [1.54, 1.807) is 7.11 Å². The number of benzene rings is 1. The van der Waals surface area contributed by atoms with Gasteiger partial charge >= 0.3 is 0 Å². The van der Waals surface area contributed by atoms with Crippen LogP contribution in [0.3, 0.4) is 0 Å². The Morgan fingerprint density at radius 1 is 1.36 bits per heavy atom. The molecule has 2 rings (SSSR count). The van der Waals surface area contributed by atoms with E-state index in [2.05, 4.69) is 37.2 Å². The third-order valence-electron chi connectivity index (χ3n) is 2.17. The first kappa shape index (κ1) is 12.1. The molecular weight excluding hydrogens is 333 g/mol. The lowest BCUT2D eigenvalue weighted by Gasteiger charge is -2.10. The minimum atomic E-state index is 0. The van der Waals surface area contributed by atoms with Gasteiger partial charge in [-0.25, -0.2) is 0 Å². The molecule has 78 valence electrons. The summed E-state index contributed by atoms with van der Waals surface area (Å²) in [5.74, 6) is 0.947. The molecule has 0 fully saturated rings. The lowest BCUT2D eigenvalue weighted by Crippen LogP contribution is -1.92. The van der Waals surface area contributed by atoms with Crippen molar-refractivity contribution in [3.63, 3.8) is 0 Å². The largest absolute Gasteiger partial charge is 0.495 e. The van der Waals surface area contributed by atoms with Crippen LogP contribution in [0.15, 0.2) is 15.0 Å². The van der Waals surface area contributed by atoms with Crippen molar-refractivity contribution in [2.45, 2.75) is 6.42 Å². The summed E-state index contributed by atoms with van der Waals surface area (Å²) in [6.45, 7) is 0.987. The van der Waals surface area contributed by atoms with Gasteiger partial charge in [0.05, 0.1) is 17.3 Å². The molecule has 0 aliphatic carbocycles. The maximum Gasteiger partial charge on any atom is 0.138 e. The molecule has 0 aromatic heterocycles. The second-order valence-electron chi connectivity index (χ2n) is 2.90. The maximum atomic E-state index is 5.34. The van der Waals surface area contributed by atoms with E-state index in [0.717, 1.165) is 27.7 Å². The first-order valence-electron chi connectivity index (χ1n) is 4.02. The standard InChI is InChI=1S/C9H9Br2NO.ClH/c1-13-9-5-2-3-12-8(5)6(10)4-7(9)11;/h4,12H,2-3H2,1H3;1H. The van der Waals surface area contributed by atoms with E-state index in [-0.39, 0.29) is 12.4 Å². The van der Waals surface area contributed by atoms with Crippen molar-refractivity contribution in [3.8, 4) is 5.75 Å². The molecule has 0 saturated carbocycles. The highest BCUT2D eigenvalue weighted by molar-refractivity contribution is 9.11. The first-order valence-corrected chi connectivity index (χ1v) is 5.61. The van der Waals surface area contributed by atoms with Crippen LogP contribution in [0.4, 0.5) is 5.69 Å². The lowest BCUT2D eigenvalue weighted by molar-refractivity contribution is 0.408. The molecule has 1 aromatic rings. The Hall–Kier alpha value is 0.0700. The number of fused-ring (bicyclic) bond motifs is 1. The van der Waals surface area contributed by atoms with Gasteiger partial charge in [0.1, 0.15) is 5.75 Å². The molecule has 1 heterocycles. The predicted molar refractivity (Wildman–Crippen MR) is 67.8 cm³/mol. The quantitative estimate of drug-likeness (QED) is 0.841. The molecule has 0 unspecified atom stereocenters. The zero-order valence-electron chi connectivity index (χ0n) is 7.56. The molecule has 5 heteroatoms. The maximum absolute atomic E-state index is 5.34. The average molecular weight is 343 g/mol. The molecule has 0 atom stereocenters. The van der Waals surface area contributed by atoms with E-state index in [0.29, 0.717) is 0 Å². The molecule has 2 nitrogen and oxygen atoms in total. The monoisotopic (exact) mass is 341 g/mol. The normalized spacial score (nSPS) is 12.8. The molecular formula is C9H10Br2ClNO. The minimum absolute atomic E-state index is 0. The summed E-state index contributed by atoms with van der Waals surface area (Å²) in [4.78, 5) is 0. The Balaban J connectivity index is 0.000000980. The topological polar surface area (TPSA) is 21.3 Å². The number of halogens is 3. The van der Waals surface area contributed by atoms with Crippen molar-refractivity contribution in [1.82, 2.24) is 0 Å². The fraction of sp³-hybridized carbons (Fsp3) is 0.333. The second-order valence-corrected chi connectivity index (χ2v) is 4.61. The van der Waals surface area contributed by atoms with E-state index < -0.39 is 0 Å². The SMILES string of the molecule is COc1c(Br)cc(Br)c2c1CCN2.Cl. The second kappa shape index (κ2) is 4.73. The van der Waals surface area contributed by atoms with Gasteiger partial charge in [-0.2, -0.15) is 0 Å². The van der Waals surface area contributed by atoms with Crippen LogP contribution < -0.4 is 10.1 Å². The van der Waals surface area contributed by atoms with E-state index in [4.69, 9.17) is 4.74 Å². The lowest BCUT2D eigenvalue weighted by atomic mass is 10.1. The highest BCUT2D eigenvalue weighted by Gasteiger charge is 2.20. The number of rotatable bonds is 1. The summed E-state index contributed by atoms with van der Waals surface area (Å²) < 4.78 is 7.43. The molecule has 0 spiro atoms. The Labute approximate surface area is 106 Å². The van der Waals surface area contributed by atoms with E-state index >= 15 is 0 Å². The van der Waals surface area contributed by atoms with Crippen LogP contribution in [0.2, 0.25) is 0 Å². The van der Waals surface area contributed by atoms with Gasteiger partial charge in [0, 0.05) is 16.6 Å². The Kier molecular flexibility index (Phi) is 4.10. The van der Waals surface area contributed by atoms with Crippen LogP contribution in [0.1, 0.15) is 5.56 Å². The van der Waals surface area contributed by atoms with Gasteiger partial charge in [0.25, 0.3) is 0 Å².